The lowest BCUT2D eigenvalue weighted by Crippen LogP contribution is -2.32. The van der Waals surface area contributed by atoms with E-state index in [2.05, 4.69) is 186 Å². The third-order valence-corrected chi connectivity index (χ3v) is 14.5. The van der Waals surface area contributed by atoms with E-state index in [0.29, 0.717) is 25.8 Å². The first-order chi connectivity index (χ1) is 30.5. The standard InChI is InChI=1S/C60H44N2/c1-7-33-59(11-5)47-25-17-13-21-41(47)43-31-29-39(37-49(43)59)53-56-46-24-16-20-28-52(46)62(36-10-4)58(56)54(55-45-23-15-19-27-51(45)61(12-6)57(53)55)40-30-32-44-42-22-14-18-26-48(42)60(34-8-2,35-9-3)50(44)38-40/h1-4,11,13-32,37-38,45,51H,5,12,33-36H2,6H3. The zero-order valence-corrected chi connectivity index (χ0v) is 34.9. The van der Waals surface area contributed by atoms with Crippen molar-refractivity contribution in [3.8, 4) is 93.9 Å². The number of nitrogens with zero attached hydrogens (tertiary/aromatic N) is 2. The molecule has 7 aromatic rings. The third kappa shape index (κ3) is 4.76. The maximum Gasteiger partial charge on any atom is 0.0841 e. The zero-order chi connectivity index (χ0) is 42.3. The number of rotatable bonds is 8. The Kier molecular flexibility index (Phi) is 8.43. The topological polar surface area (TPSA) is 8.17 Å². The quantitative estimate of drug-likeness (QED) is 0.110. The number of para-hydroxylation sites is 1. The number of benzene rings is 6. The largest absolute Gasteiger partial charge is 0.364 e. The summed E-state index contributed by atoms with van der Waals surface area (Å²) in [6.45, 7) is 7.95. The van der Waals surface area contributed by atoms with Crippen LogP contribution in [-0.4, -0.2) is 17.2 Å². The maximum absolute atomic E-state index is 6.34. The van der Waals surface area contributed by atoms with Gasteiger partial charge in [-0.1, -0.05) is 127 Å². The van der Waals surface area contributed by atoms with Crippen LogP contribution in [0, 0.1) is 49.4 Å². The van der Waals surface area contributed by atoms with Crippen LogP contribution >= 0.6 is 0 Å². The molecule has 4 aliphatic rings. The van der Waals surface area contributed by atoms with Crippen molar-refractivity contribution in [2.45, 2.75) is 55.5 Å². The summed E-state index contributed by atoms with van der Waals surface area (Å²) >= 11 is 0. The Morgan fingerprint density at radius 1 is 0.645 bits per heavy atom. The molecule has 62 heavy (non-hydrogen) atoms. The first kappa shape index (κ1) is 37.4. The van der Waals surface area contributed by atoms with Crippen molar-refractivity contribution in [2.75, 3.05) is 11.4 Å². The monoisotopic (exact) mass is 792 g/mol. The summed E-state index contributed by atoms with van der Waals surface area (Å²) in [6, 6.07) is 40.3. The van der Waals surface area contributed by atoms with E-state index in [-0.39, 0.29) is 12.0 Å². The van der Waals surface area contributed by atoms with Gasteiger partial charge >= 0.3 is 0 Å². The van der Waals surface area contributed by atoms with Crippen LogP contribution < -0.4 is 4.90 Å². The van der Waals surface area contributed by atoms with Crippen LogP contribution in [0.3, 0.4) is 0 Å². The SMILES string of the molecule is C#CCn1c2ccccc2c2c(-c3ccc4c(c3)C(C=C)(CC#C)c3ccccc3-4)c3c(c(-c4ccc5c(c4)C(CC#C)(CC#C)c4ccccc4-5)c21)C1C=CC=CC1N3CC. The van der Waals surface area contributed by atoms with Crippen molar-refractivity contribution >= 4 is 27.5 Å². The number of fused-ring (bicyclic) bond motifs is 12. The maximum atomic E-state index is 6.34. The molecule has 0 fully saturated rings. The lowest BCUT2D eigenvalue weighted by Gasteiger charge is -2.30. The molecule has 11 rings (SSSR count). The van der Waals surface area contributed by atoms with Crippen LogP contribution in [0.25, 0.3) is 66.3 Å². The summed E-state index contributed by atoms with van der Waals surface area (Å²) in [6.07, 6.45) is 37.8. The Hall–Kier alpha value is -7.62. The van der Waals surface area contributed by atoms with E-state index in [1.54, 1.807) is 0 Å². The minimum absolute atomic E-state index is 0.0874. The molecule has 0 saturated carbocycles. The van der Waals surface area contributed by atoms with Gasteiger partial charge in [0.1, 0.15) is 0 Å². The van der Waals surface area contributed by atoms with E-state index < -0.39 is 10.8 Å². The fourth-order valence-corrected chi connectivity index (χ4v) is 12.0. The molecule has 3 aliphatic carbocycles. The lowest BCUT2D eigenvalue weighted by atomic mass is 9.72. The average Bonchev–Trinajstić information content (AvgIpc) is 3.99. The van der Waals surface area contributed by atoms with Gasteiger partial charge < -0.3 is 9.47 Å². The summed E-state index contributed by atoms with van der Waals surface area (Å²) in [5.74, 6) is 12.3. The highest BCUT2D eigenvalue weighted by Gasteiger charge is 2.46. The Bertz CT molecular complexity index is 3320. The van der Waals surface area contributed by atoms with Crippen molar-refractivity contribution < 1.29 is 0 Å². The first-order valence-electron chi connectivity index (χ1n) is 21.6. The van der Waals surface area contributed by atoms with Crippen molar-refractivity contribution in [3.63, 3.8) is 0 Å². The zero-order valence-electron chi connectivity index (χ0n) is 34.9. The van der Waals surface area contributed by atoms with Crippen LogP contribution in [0.15, 0.2) is 146 Å². The van der Waals surface area contributed by atoms with Crippen LogP contribution in [0.2, 0.25) is 0 Å². The minimum Gasteiger partial charge on any atom is -0.364 e. The Morgan fingerprint density at radius 2 is 1.26 bits per heavy atom. The Balaban J connectivity index is 1.30. The van der Waals surface area contributed by atoms with Gasteiger partial charge in [0.15, 0.2) is 0 Å². The fourth-order valence-electron chi connectivity index (χ4n) is 12.0. The number of terminal acetylenes is 4. The van der Waals surface area contributed by atoms with Crippen LogP contribution in [0.5, 0.6) is 0 Å². The van der Waals surface area contributed by atoms with Gasteiger partial charge in [0.05, 0.1) is 34.7 Å². The number of hydrogen-bond acceptors (Lipinski definition) is 1. The van der Waals surface area contributed by atoms with Gasteiger partial charge in [0, 0.05) is 59.0 Å². The second kappa shape index (κ2) is 14.0. The summed E-state index contributed by atoms with van der Waals surface area (Å²) in [7, 11) is 0. The smallest absolute Gasteiger partial charge is 0.0841 e. The van der Waals surface area contributed by atoms with Gasteiger partial charge in [-0.3, -0.25) is 0 Å². The van der Waals surface area contributed by atoms with Gasteiger partial charge in [0.25, 0.3) is 0 Å². The molecule has 0 N–H and O–H groups in total. The molecule has 0 bridgehead atoms. The van der Waals surface area contributed by atoms with Crippen molar-refractivity contribution in [2.24, 2.45) is 0 Å². The molecule has 3 unspecified atom stereocenters. The first-order valence-corrected chi connectivity index (χ1v) is 21.6. The van der Waals surface area contributed by atoms with Gasteiger partial charge in [-0.15, -0.1) is 50.0 Å². The number of hydrogen-bond donors (Lipinski definition) is 0. The van der Waals surface area contributed by atoms with Crippen molar-refractivity contribution in [3.05, 3.63) is 174 Å². The molecule has 2 heterocycles. The van der Waals surface area contributed by atoms with Gasteiger partial charge in [-0.25, -0.2) is 0 Å². The molecule has 0 spiro atoms. The second-order valence-electron chi connectivity index (χ2n) is 17.1. The highest BCUT2D eigenvalue weighted by molar-refractivity contribution is 6.23. The molecular formula is C60H44N2. The van der Waals surface area contributed by atoms with Crippen molar-refractivity contribution in [1.82, 2.24) is 4.57 Å². The lowest BCUT2D eigenvalue weighted by molar-refractivity contribution is 0.560. The molecule has 0 saturated heterocycles. The summed E-state index contributed by atoms with van der Waals surface area (Å²) in [4.78, 5) is 2.62. The molecule has 2 heteroatoms. The van der Waals surface area contributed by atoms with E-state index in [1.807, 2.05) is 0 Å². The number of aromatic nitrogens is 1. The summed E-state index contributed by atoms with van der Waals surface area (Å²) in [5.41, 5.74) is 18.0. The third-order valence-electron chi connectivity index (χ3n) is 14.5. The Labute approximate surface area is 365 Å². The van der Waals surface area contributed by atoms with E-state index in [1.165, 1.54) is 77.7 Å². The molecule has 2 nitrogen and oxygen atoms in total. The highest BCUT2D eigenvalue weighted by atomic mass is 15.2. The van der Waals surface area contributed by atoms with Crippen molar-refractivity contribution in [1.29, 1.82) is 0 Å². The number of allylic oxidation sites excluding steroid dienone is 3. The predicted molar refractivity (Wildman–Crippen MR) is 260 cm³/mol. The normalized spacial score (nSPS) is 19.1. The predicted octanol–water partition coefficient (Wildman–Crippen LogP) is 13.0. The van der Waals surface area contributed by atoms with Crippen LogP contribution in [0.4, 0.5) is 5.69 Å². The Morgan fingerprint density at radius 3 is 1.97 bits per heavy atom. The van der Waals surface area contributed by atoms with E-state index in [9.17, 15) is 0 Å². The number of anilines is 1. The van der Waals surface area contributed by atoms with Crippen LogP contribution in [-0.2, 0) is 17.4 Å². The molecule has 1 aliphatic heterocycles. The molecule has 0 radical (unpaired) electrons. The average molecular weight is 793 g/mol. The summed E-state index contributed by atoms with van der Waals surface area (Å²) in [5, 5.41) is 2.35. The number of likely N-dealkylation sites (N-methyl/N-ethyl adjacent to an activating group) is 1. The molecule has 6 aromatic carbocycles. The van der Waals surface area contributed by atoms with E-state index in [0.717, 1.165) is 28.7 Å². The molecule has 1 aromatic heterocycles. The van der Waals surface area contributed by atoms with Gasteiger partial charge in [-0.2, -0.15) is 0 Å². The summed E-state index contributed by atoms with van der Waals surface area (Å²) < 4.78 is 2.38. The highest BCUT2D eigenvalue weighted by Crippen LogP contribution is 2.61. The fraction of sp³-hybridized carbons (Fsp3) is 0.167. The second-order valence-corrected chi connectivity index (χ2v) is 17.1. The molecular weight excluding hydrogens is 749 g/mol. The molecule has 0 amide bonds. The van der Waals surface area contributed by atoms with Crippen LogP contribution in [0.1, 0.15) is 59.9 Å². The van der Waals surface area contributed by atoms with Gasteiger partial charge in [-0.05, 0) is 86.3 Å². The molecule has 3 atom stereocenters. The minimum atomic E-state index is -0.522. The van der Waals surface area contributed by atoms with E-state index >= 15 is 0 Å². The van der Waals surface area contributed by atoms with Gasteiger partial charge in [0.2, 0.25) is 0 Å². The van der Waals surface area contributed by atoms with E-state index in [4.69, 9.17) is 25.7 Å². The molecule has 294 valence electrons.